The molecule has 2 aromatic rings. The molecule has 52 heavy (non-hydrogen) atoms. The van der Waals surface area contributed by atoms with Crippen molar-refractivity contribution in [1.29, 1.82) is 0 Å². The lowest BCUT2D eigenvalue weighted by atomic mass is 9.72. The first-order chi connectivity index (χ1) is 24.6. The van der Waals surface area contributed by atoms with E-state index in [1.54, 1.807) is 18.2 Å². The predicted molar refractivity (Wildman–Crippen MR) is 201 cm³/mol. The van der Waals surface area contributed by atoms with Crippen LogP contribution >= 0.6 is 0 Å². The Morgan fingerprint density at radius 1 is 0.942 bits per heavy atom. The van der Waals surface area contributed by atoms with Crippen LogP contribution < -0.4 is 16.4 Å². The van der Waals surface area contributed by atoms with E-state index in [0.29, 0.717) is 18.5 Å². The number of benzene rings is 2. The molecule has 5 N–H and O–H groups in total. The summed E-state index contributed by atoms with van der Waals surface area (Å²) in [5.41, 5.74) is 5.61. The van der Waals surface area contributed by atoms with Gasteiger partial charge in [-0.3, -0.25) is 24.1 Å². The SMILES string of the molecule is CC(=O)N(C(=O)[C@@H](N)Cc1ccccc1)[C@](CC(C)C)(C(=O)N[C@@H](CC1CCCCC1)[C@@H](O)CC(=O)NCC(C)C)C1CS(=O)(=O)c2ccccc21. The maximum atomic E-state index is 15.4. The van der Waals surface area contributed by atoms with E-state index in [9.17, 15) is 27.9 Å². The molecule has 1 aliphatic carbocycles. The summed E-state index contributed by atoms with van der Waals surface area (Å²) in [6, 6.07) is 13.3. The minimum absolute atomic E-state index is 0.0473. The Hall–Kier alpha value is -3.61. The molecular formula is C40H58N4O7S. The molecule has 0 saturated heterocycles. The fourth-order valence-corrected chi connectivity index (χ4v) is 10.0. The van der Waals surface area contributed by atoms with Crippen LogP contribution in [0.25, 0.3) is 0 Å². The van der Waals surface area contributed by atoms with Gasteiger partial charge in [-0.25, -0.2) is 8.42 Å². The van der Waals surface area contributed by atoms with E-state index in [1.165, 1.54) is 13.0 Å². The van der Waals surface area contributed by atoms with Crippen molar-refractivity contribution in [3.05, 3.63) is 65.7 Å². The molecule has 5 atom stereocenters. The summed E-state index contributed by atoms with van der Waals surface area (Å²) in [6.45, 7) is 9.24. The molecule has 1 aliphatic heterocycles. The van der Waals surface area contributed by atoms with Gasteiger partial charge in [-0.2, -0.15) is 0 Å². The number of hydrogen-bond donors (Lipinski definition) is 4. The van der Waals surface area contributed by atoms with Crippen LogP contribution in [-0.2, 0) is 35.4 Å². The Labute approximate surface area is 309 Å². The van der Waals surface area contributed by atoms with Gasteiger partial charge < -0.3 is 21.5 Å². The molecule has 1 heterocycles. The quantitative estimate of drug-likeness (QED) is 0.198. The summed E-state index contributed by atoms with van der Waals surface area (Å²) in [4.78, 5) is 57.8. The summed E-state index contributed by atoms with van der Waals surface area (Å²) < 4.78 is 27.5. The average molecular weight is 739 g/mol. The highest BCUT2D eigenvalue weighted by atomic mass is 32.2. The normalized spacial score (nSPS) is 20.0. The molecule has 2 aliphatic rings. The van der Waals surface area contributed by atoms with Gasteiger partial charge in [0.15, 0.2) is 9.84 Å². The van der Waals surface area contributed by atoms with E-state index in [2.05, 4.69) is 10.6 Å². The summed E-state index contributed by atoms with van der Waals surface area (Å²) in [5, 5.41) is 17.5. The van der Waals surface area contributed by atoms with Crippen LogP contribution in [0, 0.1) is 17.8 Å². The average Bonchev–Trinajstić information content (AvgIpc) is 3.37. The monoisotopic (exact) mass is 738 g/mol. The summed E-state index contributed by atoms with van der Waals surface area (Å²) >= 11 is 0. The van der Waals surface area contributed by atoms with Crippen molar-refractivity contribution in [3.63, 3.8) is 0 Å². The van der Waals surface area contributed by atoms with E-state index >= 15 is 4.79 Å². The van der Waals surface area contributed by atoms with E-state index in [1.807, 2.05) is 58.0 Å². The van der Waals surface area contributed by atoms with Gasteiger partial charge in [0.05, 0.1) is 35.3 Å². The number of nitrogens with zero attached hydrogens (tertiary/aromatic N) is 1. The van der Waals surface area contributed by atoms with Crippen molar-refractivity contribution < 1.29 is 32.7 Å². The first-order valence-corrected chi connectivity index (χ1v) is 20.4. The van der Waals surface area contributed by atoms with Gasteiger partial charge in [-0.15, -0.1) is 0 Å². The Balaban J connectivity index is 1.85. The Morgan fingerprint density at radius 3 is 2.19 bits per heavy atom. The number of amides is 4. The number of aliphatic hydroxyl groups excluding tert-OH is 1. The highest BCUT2D eigenvalue weighted by Gasteiger charge is 2.59. The lowest BCUT2D eigenvalue weighted by Gasteiger charge is -2.47. The first kappa shape index (κ1) is 41.2. The number of nitrogens with two attached hydrogens (primary N) is 1. The fourth-order valence-electron chi connectivity index (χ4n) is 8.07. The molecule has 0 radical (unpaired) electrons. The molecule has 0 aromatic heterocycles. The molecular weight excluding hydrogens is 681 g/mol. The van der Waals surface area contributed by atoms with Gasteiger partial charge in [-0.1, -0.05) is 108 Å². The lowest BCUT2D eigenvalue weighted by Crippen LogP contribution is -2.69. The number of nitrogens with one attached hydrogen (secondary N) is 2. The molecule has 4 rings (SSSR count). The van der Waals surface area contributed by atoms with Crippen LogP contribution in [0.3, 0.4) is 0 Å². The van der Waals surface area contributed by atoms with Gasteiger partial charge in [-0.05, 0) is 54.2 Å². The third-order valence-electron chi connectivity index (χ3n) is 10.4. The maximum Gasteiger partial charge on any atom is 0.247 e. The molecule has 1 fully saturated rings. The van der Waals surface area contributed by atoms with Crippen LogP contribution in [0.15, 0.2) is 59.5 Å². The van der Waals surface area contributed by atoms with Gasteiger partial charge in [0, 0.05) is 19.4 Å². The summed E-state index contributed by atoms with van der Waals surface area (Å²) in [5.74, 6) is -4.23. The van der Waals surface area contributed by atoms with Crippen molar-refractivity contribution in [2.75, 3.05) is 12.3 Å². The smallest absolute Gasteiger partial charge is 0.247 e. The maximum absolute atomic E-state index is 15.4. The standard InChI is InChI=1S/C40H58N4O7S/c1-26(2)23-40(32-25-52(50,51)36-19-13-12-18-31(32)36,44(28(5)45)38(48)33(41)20-29-14-8-6-9-15-29)39(49)43-34(21-30-16-10-7-11-17-30)35(46)22-37(47)42-24-27(3)4/h6,8-9,12-15,18-19,26-27,30,32-35,46H,7,10-11,16-17,20-25,41H2,1-5H3,(H,42,47)(H,43,49)/t32?,33-,34-,35-,40-/m0/s1. The molecule has 12 heteroatoms. The zero-order valence-electron chi connectivity index (χ0n) is 31.3. The first-order valence-electron chi connectivity index (χ1n) is 18.8. The zero-order chi connectivity index (χ0) is 38.2. The van der Waals surface area contributed by atoms with Crippen molar-refractivity contribution >= 4 is 33.5 Å². The lowest BCUT2D eigenvalue weighted by molar-refractivity contribution is -0.162. The van der Waals surface area contributed by atoms with E-state index in [-0.39, 0.29) is 47.8 Å². The van der Waals surface area contributed by atoms with Crippen LogP contribution in [0.2, 0.25) is 0 Å². The van der Waals surface area contributed by atoms with Crippen molar-refractivity contribution in [2.45, 2.75) is 127 Å². The largest absolute Gasteiger partial charge is 0.390 e. The van der Waals surface area contributed by atoms with Gasteiger partial charge in [0.2, 0.25) is 23.6 Å². The van der Waals surface area contributed by atoms with Crippen LogP contribution in [0.1, 0.15) is 103 Å². The minimum atomic E-state index is -3.92. The highest BCUT2D eigenvalue weighted by molar-refractivity contribution is 7.91. The van der Waals surface area contributed by atoms with Crippen LogP contribution in [0.5, 0.6) is 0 Å². The molecule has 1 saturated carbocycles. The van der Waals surface area contributed by atoms with E-state index < -0.39 is 63.0 Å². The molecule has 0 spiro atoms. The topological polar surface area (TPSA) is 176 Å². The summed E-state index contributed by atoms with van der Waals surface area (Å²) in [7, 11) is -3.92. The zero-order valence-corrected chi connectivity index (χ0v) is 32.2. The third kappa shape index (κ3) is 9.87. The van der Waals surface area contributed by atoms with Crippen LogP contribution in [-0.4, -0.2) is 78.1 Å². The van der Waals surface area contributed by atoms with Crippen molar-refractivity contribution in [2.24, 2.45) is 23.5 Å². The fraction of sp³-hybridized carbons (Fsp3) is 0.600. The molecule has 2 aromatic carbocycles. The molecule has 286 valence electrons. The van der Waals surface area contributed by atoms with Gasteiger partial charge in [0.25, 0.3) is 0 Å². The predicted octanol–water partition coefficient (Wildman–Crippen LogP) is 4.27. The number of carbonyl (C=O) groups excluding carboxylic acids is 4. The highest BCUT2D eigenvalue weighted by Crippen LogP contribution is 2.47. The summed E-state index contributed by atoms with van der Waals surface area (Å²) in [6.07, 6.45) is 3.76. The Kier molecular flexibility index (Phi) is 14.2. The molecule has 1 unspecified atom stereocenters. The number of hydrogen-bond acceptors (Lipinski definition) is 8. The van der Waals surface area contributed by atoms with Crippen LogP contribution in [0.4, 0.5) is 0 Å². The van der Waals surface area contributed by atoms with E-state index in [0.717, 1.165) is 42.6 Å². The second kappa shape index (κ2) is 17.9. The Morgan fingerprint density at radius 2 is 1.58 bits per heavy atom. The van der Waals surface area contributed by atoms with Crippen molar-refractivity contribution in [1.82, 2.24) is 15.5 Å². The second-order valence-corrected chi connectivity index (χ2v) is 17.7. The number of carbonyl (C=O) groups is 4. The van der Waals surface area contributed by atoms with Gasteiger partial charge >= 0.3 is 0 Å². The van der Waals surface area contributed by atoms with E-state index in [4.69, 9.17) is 5.73 Å². The molecule has 11 nitrogen and oxygen atoms in total. The van der Waals surface area contributed by atoms with Gasteiger partial charge in [0.1, 0.15) is 5.54 Å². The molecule has 0 bridgehead atoms. The second-order valence-electron chi connectivity index (χ2n) is 15.7. The minimum Gasteiger partial charge on any atom is -0.390 e. The molecule has 4 amide bonds. The van der Waals surface area contributed by atoms with Crippen molar-refractivity contribution in [3.8, 4) is 0 Å². The number of rotatable bonds is 16. The number of aliphatic hydroxyl groups is 1. The third-order valence-corrected chi connectivity index (χ3v) is 12.3. The Bertz CT molecular complexity index is 1660. The number of fused-ring (bicyclic) bond motifs is 1. The number of sulfone groups is 1. The number of imide groups is 1.